The van der Waals surface area contributed by atoms with E-state index in [-0.39, 0.29) is 24.5 Å². The zero-order valence-electron chi connectivity index (χ0n) is 14.8. The second-order valence-electron chi connectivity index (χ2n) is 6.82. The summed E-state index contributed by atoms with van der Waals surface area (Å²) in [4.78, 5) is 24.4. The second kappa shape index (κ2) is 8.11. The molecule has 1 amide bonds. The molecule has 0 aliphatic heterocycles. The number of ketones is 1. The molecule has 2 aromatic carbocycles. The molecule has 1 aliphatic carbocycles. The van der Waals surface area contributed by atoms with Crippen LogP contribution in [0.5, 0.6) is 0 Å². The van der Waals surface area contributed by atoms with Gasteiger partial charge in [-0.3, -0.25) is 9.59 Å². The van der Waals surface area contributed by atoms with E-state index in [4.69, 9.17) is 0 Å². The van der Waals surface area contributed by atoms with Crippen LogP contribution in [0.4, 0.5) is 0 Å². The van der Waals surface area contributed by atoms with Crippen LogP contribution in [0, 0.1) is 6.92 Å². The van der Waals surface area contributed by atoms with Crippen LogP contribution in [0.3, 0.4) is 0 Å². The maximum atomic E-state index is 12.4. The summed E-state index contributed by atoms with van der Waals surface area (Å²) in [7, 11) is 0. The first-order valence-corrected chi connectivity index (χ1v) is 9.09. The molecule has 0 atom stereocenters. The largest absolute Gasteiger partial charge is 0.352 e. The highest BCUT2D eigenvalue weighted by Crippen LogP contribution is 2.23. The minimum atomic E-state index is -0.0745. The number of carbonyl (C=O) groups is 2. The molecule has 0 radical (unpaired) electrons. The number of rotatable bonds is 6. The topological polar surface area (TPSA) is 46.2 Å². The van der Waals surface area contributed by atoms with Gasteiger partial charge in [-0.25, -0.2) is 0 Å². The first-order valence-electron chi connectivity index (χ1n) is 9.09. The lowest BCUT2D eigenvalue weighted by Gasteiger charge is -2.16. The lowest BCUT2D eigenvalue weighted by atomic mass is 9.89. The number of amides is 1. The van der Waals surface area contributed by atoms with E-state index in [1.54, 1.807) is 0 Å². The normalized spacial score (nSPS) is 13.2. The van der Waals surface area contributed by atoms with Crippen molar-refractivity contribution < 1.29 is 9.59 Å². The van der Waals surface area contributed by atoms with Crippen LogP contribution in [-0.2, 0) is 24.2 Å². The number of hydrogen-bond acceptors (Lipinski definition) is 2. The Morgan fingerprint density at radius 3 is 2.52 bits per heavy atom. The van der Waals surface area contributed by atoms with Crippen molar-refractivity contribution in [3.63, 3.8) is 0 Å². The van der Waals surface area contributed by atoms with Crippen molar-refractivity contribution in [2.45, 2.75) is 52.0 Å². The Kier molecular flexibility index (Phi) is 5.64. The average Bonchev–Trinajstić information content (AvgIpc) is 2.65. The number of hydrogen-bond donors (Lipinski definition) is 1. The number of fused-ring (bicyclic) bond motifs is 1. The molecule has 25 heavy (non-hydrogen) atoms. The summed E-state index contributed by atoms with van der Waals surface area (Å²) in [6.07, 6.45) is 5.12. The van der Waals surface area contributed by atoms with Crippen LogP contribution in [-0.4, -0.2) is 11.7 Å². The van der Waals surface area contributed by atoms with E-state index in [1.165, 1.54) is 24.0 Å². The third kappa shape index (κ3) is 4.56. The molecule has 3 rings (SSSR count). The van der Waals surface area contributed by atoms with Crippen LogP contribution >= 0.6 is 0 Å². The Balaban J connectivity index is 1.50. The van der Waals surface area contributed by atoms with Crippen LogP contribution in [0.1, 0.15) is 58.3 Å². The van der Waals surface area contributed by atoms with Crippen molar-refractivity contribution in [3.05, 3.63) is 70.3 Å². The Bertz CT molecular complexity index is 779. The summed E-state index contributed by atoms with van der Waals surface area (Å²) in [5.74, 6) is -0.0195. The van der Waals surface area contributed by atoms with Gasteiger partial charge in [-0.1, -0.05) is 36.4 Å². The zero-order chi connectivity index (χ0) is 17.6. The first kappa shape index (κ1) is 17.4. The highest BCUT2D eigenvalue weighted by Gasteiger charge is 2.14. The Hall–Kier alpha value is -2.42. The molecule has 0 aromatic heterocycles. The average molecular weight is 335 g/mol. The quantitative estimate of drug-likeness (QED) is 0.806. The minimum absolute atomic E-state index is 0.0550. The molecule has 0 bridgehead atoms. The van der Waals surface area contributed by atoms with Crippen molar-refractivity contribution >= 4 is 11.7 Å². The van der Waals surface area contributed by atoms with E-state index in [0.717, 1.165) is 29.5 Å². The van der Waals surface area contributed by atoms with Gasteiger partial charge in [0.05, 0.1) is 0 Å². The molecular formula is C22H25NO2. The number of nitrogens with one attached hydrogen (secondary N) is 1. The van der Waals surface area contributed by atoms with Gasteiger partial charge in [-0.15, -0.1) is 0 Å². The fraction of sp³-hybridized carbons (Fsp3) is 0.364. The number of benzene rings is 2. The lowest BCUT2D eigenvalue weighted by Crippen LogP contribution is -2.23. The van der Waals surface area contributed by atoms with Crippen LogP contribution < -0.4 is 5.32 Å². The summed E-state index contributed by atoms with van der Waals surface area (Å²) in [5.41, 5.74) is 5.69. The van der Waals surface area contributed by atoms with Gasteiger partial charge in [0.1, 0.15) is 0 Å². The Morgan fingerprint density at radius 2 is 1.72 bits per heavy atom. The van der Waals surface area contributed by atoms with Gasteiger partial charge in [-0.05, 0) is 60.9 Å². The molecule has 0 unspecified atom stereocenters. The van der Waals surface area contributed by atoms with E-state index in [0.29, 0.717) is 6.54 Å². The van der Waals surface area contributed by atoms with E-state index < -0.39 is 0 Å². The summed E-state index contributed by atoms with van der Waals surface area (Å²) in [6, 6.07) is 14.0. The van der Waals surface area contributed by atoms with Gasteiger partial charge < -0.3 is 5.32 Å². The summed E-state index contributed by atoms with van der Waals surface area (Å²) in [6.45, 7) is 2.54. The lowest BCUT2D eigenvalue weighted by molar-refractivity contribution is -0.121. The maximum Gasteiger partial charge on any atom is 0.220 e. The van der Waals surface area contributed by atoms with Gasteiger partial charge in [0.15, 0.2) is 5.78 Å². The highest BCUT2D eigenvalue weighted by molar-refractivity contribution is 5.98. The molecule has 1 N–H and O–H groups in total. The molecule has 1 aliphatic rings. The molecule has 0 fully saturated rings. The fourth-order valence-corrected chi connectivity index (χ4v) is 3.37. The van der Waals surface area contributed by atoms with Gasteiger partial charge in [0.25, 0.3) is 0 Å². The Morgan fingerprint density at radius 1 is 0.960 bits per heavy atom. The van der Waals surface area contributed by atoms with Gasteiger partial charge in [0.2, 0.25) is 5.91 Å². The molecule has 3 nitrogen and oxygen atoms in total. The predicted octanol–water partition coefficient (Wildman–Crippen LogP) is 4.15. The van der Waals surface area contributed by atoms with Crippen molar-refractivity contribution in [1.29, 1.82) is 0 Å². The zero-order valence-corrected chi connectivity index (χ0v) is 14.8. The number of aryl methyl sites for hydroxylation is 3. The van der Waals surface area contributed by atoms with Gasteiger partial charge in [-0.2, -0.15) is 0 Å². The first-order chi connectivity index (χ1) is 12.1. The number of Topliss-reactive ketones (excluding diaryl/α,β-unsaturated/α-hetero) is 1. The van der Waals surface area contributed by atoms with Gasteiger partial charge >= 0.3 is 0 Å². The van der Waals surface area contributed by atoms with Gasteiger partial charge in [0, 0.05) is 24.9 Å². The highest BCUT2D eigenvalue weighted by atomic mass is 16.2. The van der Waals surface area contributed by atoms with E-state index in [1.807, 2.05) is 43.3 Å². The molecule has 0 heterocycles. The van der Waals surface area contributed by atoms with Crippen LogP contribution in [0.15, 0.2) is 42.5 Å². The molecule has 0 spiro atoms. The third-order valence-electron chi connectivity index (χ3n) is 4.99. The molecular weight excluding hydrogens is 310 g/mol. The van der Waals surface area contributed by atoms with Crippen LogP contribution in [0.25, 0.3) is 0 Å². The van der Waals surface area contributed by atoms with Crippen molar-refractivity contribution in [1.82, 2.24) is 5.32 Å². The molecule has 2 aromatic rings. The summed E-state index contributed by atoms with van der Waals surface area (Å²) >= 11 is 0. The molecule has 130 valence electrons. The molecule has 0 saturated heterocycles. The second-order valence-corrected chi connectivity index (χ2v) is 6.82. The van der Waals surface area contributed by atoms with Crippen molar-refractivity contribution in [2.75, 3.05) is 0 Å². The maximum absolute atomic E-state index is 12.4. The summed E-state index contributed by atoms with van der Waals surface area (Å²) in [5, 5.41) is 2.91. The third-order valence-corrected chi connectivity index (χ3v) is 4.99. The standard InChI is InChI=1S/C22H25NO2/c1-16-6-2-3-9-20(16)15-23-22(25)13-12-21(24)19-11-10-17-7-4-5-8-18(17)14-19/h2-3,6,9-11,14H,4-5,7-8,12-13,15H2,1H3,(H,23,25). The SMILES string of the molecule is Cc1ccccc1CNC(=O)CCC(=O)c1ccc2c(c1)CCCC2. The molecule has 0 saturated carbocycles. The van der Waals surface area contributed by atoms with Crippen molar-refractivity contribution in [3.8, 4) is 0 Å². The van der Waals surface area contributed by atoms with Crippen LogP contribution in [0.2, 0.25) is 0 Å². The molecule has 3 heteroatoms. The number of carbonyl (C=O) groups excluding carboxylic acids is 2. The van der Waals surface area contributed by atoms with E-state index in [2.05, 4.69) is 11.4 Å². The summed E-state index contributed by atoms with van der Waals surface area (Å²) < 4.78 is 0. The Labute approximate surface area is 149 Å². The van der Waals surface area contributed by atoms with E-state index in [9.17, 15) is 9.59 Å². The monoisotopic (exact) mass is 335 g/mol. The van der Waals surface area contributed by atoms with Crippen molar-refractivity contribution in [2.24, 2.45) is 0 Å². The fourth-order valence-electron chi connectivity index (χ4n) is 3.37. The smallest absolute Gasteiger partial charge is 0.220 e. The predicted molar refractivity (Wildman–Crippen MR) is 99.7 cm³/mol. The van der Waals surface area contributed by atoms with E-state index >= 15 is 0 Å². The minimum Gasteiger partial charge on any atom is -0.352 e.